The van der Waals surface area contributed by atoms with Gasteiger partial charge in [-0.1, -0.05) is 30.3 Å². The summed E-state index contributed by atoms with van der Waals surface area (Å²) < 4.78 is 0. The molecule has 18 heavy (non-hydrogen) atoms. The van der Waals surface area contributed by atoms with Gasteiger partial charge in [-0.15, -0.1) is 0 Å². The number of Topliss-reactive ketones (excluding diaryl/α,β-unsaturated/α-hetero) is 1. The zero-order valence-corrected chi connectivity index (χ0v) is 11.1. The number of ketones is 1. The molecule has 0 radical (unpaired) electrons. The molecule has 3 nitrogen and oxygen atoms in total. The summed E-state index contributed by atoms with van der Waals surface area (Å²) in [5.74, 6) is 0.192. The van der Waals surface area contributed by atoms with Crippen molar-refractivity contribution < 1.29 is 4.79 Å². The van der Waals surface area contributed by atoms with Gasteiger partial charge in [0.1, 0.15) is 0 Å². The van der Waals surface area contributed by atoms with Gasteiger partial charge in [-0.25, -0.2) is 0 Å². The summed E-state index contributed by atoms with van der Waals surface area (Å²) in [6.45, 7) is 2.88. The average molecular weight is 244 g/mol. The topological polar surface area (TPSA) is 44.1 Å². The lowest BCUT2D eigenvalue weighted by atomic mass is 10.1. The second-order valence-electron chi connectivity index (χ2n) is 4.58. The first-order chi connectivity index (χ1) is 8.65. The fourth-order valence-corrected chi connectivity index (χ4v) is 1.77. The van der Waals surface area contributed by atoms with Crippen LogP contribution in [-0.2, 0) is 0 Å². The number of benzene rings is 1. The minimum Gasteiger partial charge on any atom is -0.303 e. The number of hydrogen-bond acceptors (Lipinski definition) is 3. The Morgan fingerprint density at radius 2 is 2.06 bits per heavy atom. The fourth-order valence-electron chi connectivity index (χ4n) is 1.77. The highest BCUT2D eigenvalue weighted by molar-refractivity contribution is 5.95. The highest BCUT2D eigenvalue weighted by Crippen LogP contribution is 2.07. The molecule has 0 aromatic heterocycles. The number of rotatable bonds is 7. The van der Waals surface area contributed by atoms with E-state index in [1.54, 1.807) is 0 Å². The van der Waals surface area contributed by atoms with Gasteiger partial charge in [0.2, 0.25) is 0 Å². The maximum absolute atomic E-state index is 11.9. The van der Waals surface area contributed by atoms with Gasteiger partial charge in [-0.3, -0.25) is 4.79 Å². The lowest BCUT2D eigenvalue weighted by Gasteiger charge is -2.22. The zero-order valence-electron chi connectivity index (χ0n) is 11.1. The summed E-state index contributed by atoms with van der Waals surface area (Å²) >= 11 is 0. The van der Waals surface area contributed by atoms with Crippen LogP contribution in [0.4, 0.5) is 0 Å². The molecule has 96 valence electrons. The van der Waals surface area contributed by atoms with Crippen molar-refractivity contribution in [3.63, 3.8) is 0 Å². The van der Waals surface area contributed by atoms with Crippen molar-refractivity contribution in [2.24, 2.45) is 0 Å². The molecule has 0 aliphatic heterocycles. The minimum absolute atomic E-state index is 0.192. The predicted molar refractivity (Wildman–Crippen MR) is 72.3 cm³/mol. The smallest absolute Gasteiger partial charge is 0.162 e. The van der Waals surface area contributed by atoms with Crippen LogP contribution in [0.2, 0.25) is 0 Å². The highest BCUT2D eigenvalue weighted by Gasteiger charge is 2.10. The SMILES string of the molecule is CC(CC#N)N(C)CCCC(=O)c1ccccc1. The van der Waals surface area contributed by atoms with Gasteiger partial charge in [-0.2, -0.15) is 5.26 Å². The van der Waals surface area contributed by atoms with Crippen LogP contribution in [0.1, 0.15) is 36.5 Å². The van der Waals surface area contributed by atoms with E-state index in [0.717, 1.165) is 18.5 Å². The lowest BCUT2D eigenvalue weighted by Crippen LogP contribution is -2.29. The third kappa shape index (κ3) is 4.68. The molecule has 0 fully saturated rings. The molecular weight excluding hydrogens is 224 g/mol. The van der Waals surface area contributed by atoms with Crippen molar-refractivity contribution >= 4 is 5.78 Å². The zero-order chi connectivity index (χ0) is 13.4. The highest BCUT2D eigenvalue weighted by atomic mass is 16.1. The maximum Gasteiger partial charge on any atom is 0.162 e. The van der Waals surface area contributed by atoms with Crippen molar-refractivity contribution in [2.75, 3.05) is 13.6 Å². The van der Waals surface area contributed by atoms with Crippen molar-refractivity contribution in [1.82, 2.24) is 4.90 Å². The molecule has 0 saturated carbocycles. The molecule has 0 amide bonds. The number of hydrogen-bond donors (Lipinski definition) is 0. The van der Waals surface area contributed by atoms with E-state index in [1.165, 1.54) is 0 Å². The Balaban J connectivity index is 2.30. The number of carbonyl (C=O) groups is 1. The van der Waals surface area contributed by atoms with E-state index in [1.807, 2.05) is 44.3 Å². The van der Waals surface area contributed by atoms with Crippen molar-refractivity contribution in [2.45, 2.75) is 32.2 Å². The predicted octanol–water partition coefficient (Wildman–Crippen LogP) is 2.88. The first kappa shape index (κ1) is 14.4. The quantitative estimate of drug-likeness (QED) is 0.693. The van der Waals surface area contributed by atoms with Crippen LogP contribution in [-0.4, -0.2) is 30.3 Å². The van der Waals surface area contributed by atoms with Gasteiger partial charge in [0.25, 0.3) is 0 Å². The van der Waals surface area contributed by atoms with Crippen LogP contribution in [0, 0.1) is 11.3 Å². The van der Waals surface area contributed by atoms with E-state index in [2.05, 4.69) is 11.0 Å². The molecule has 1 rings (SSSR count). The minimum atomic E-state index is 0.192. The molecule has 0 aliphatic rings. The molecule has 1 aromatic rings. The Kier molecular flexibility index (Phi) is 6.10. The summed E-state index contributed by atoms with van der Waals surface area (Å²) in [5, 5.41) is 8.62. The molecule has 0 spiro atoms. The third-order valence-corrected chi connectivity index (χ3v) is 3.15. The largest absolute Gasteiger partial charge is 0.303 e. The van der Waals surface area contributed by atoms with Gasteiger partial charge in [-0.05, 0) is 26.9 Å². The fraction of sp³-hybridized carbons (Fsp3) is 0.467. The summed E-state index contributed by atoms with van der Waals surface area (Å²) in [6, 6.07) is 11.8. The molecule has 0 aliphatic carbocycles. The Morgan fingerprint density at radius 1 is 1.39 bits per heavy atom. The average Bonchev–Trinajstić information content (AvgIpc) is 2.39. The summed E-state index contributed by atoms with van der Waals surface area (Å²) in [7, 11) is 2.00. The van der Waals surface area contributed by atoms with Gasteiger partial charge in [0.05, 0.1) is 12.5 Å². The first-order valence-electron chi connectivity index (χ1n) is 6.30. The summed E-state index contributed by atoms with van der Waals surface area (Å²) in [5.41, 5.74) is 0.783. The molecular formula is C15H20N2O. The molecule has 3 heteroatoms. The monoisotopic (exact) mass is 244 g/mol. The van der Waals surface area contributed by atoms with Crippen molar-refractivity contribution in [3.05, 3.63) is 35.9 Å². The first-order valence-corrected chi connectivity index (χ1v) is 6.30. The van der Waals surface area contributed by atoms with E-state index in [4.69, 9.17) is 5.26 Å². The molecule has 1 aromatic carbocycles. The van der Waals surface area contributed by atoms with Crippen LogP contribution in [0.25, 0.3) is 0 Å². The Bertz CT molecular complexity index is 408. The Hall–Kier alpha value is -1.66. The van der Waals surface area contributed by atoms with Gasteiger partial charge in [0, 0.05) is 18.0 Å². The van der Waals surface area contributed by atoms with Crippen LogP contribution in [0.15, 0.2) is 30.3 Å². The number of nitriles is 1. The number of nitrogens with zero attached hydrogens (tertiary/aromatic N) is 2. The van der Waals surface area contributed by atoms with Crippen LogP contribution >= 0.6 is 0 Å². The van der Waals surface area contributed by atoms with E-state index in [9.17, 15) is 4.79 Å². The van der Waals surface area contributed by atoms with Crippen molar-refractivity contribution in [1.29, 1.82) is 5.26 Å². The van der Waals surface area contributed by atoms with E-state index >= 15 is 0 Å². The molecule has 0 bridgehead atoms. The molecule has 1 atom stereocenters. The maximum atomic E-state index is 11.9. The Labute approximate surface area is 109 Å². The second-order valence-corrected chi connectivity index (χ2v) is 4.58. The number of carbonyl (C=O) groups excluding carboxylic acids is 1. The summed E-state index contributed by atoms with van der Waals surface area (Å²) in [6.07, 6.45) is 1.93. The van der Waals surface area contributed by atoms with E-state index in [0.29, 0.717) is 12.8 Å². The third-order valence-electron chi connectivity index (χ3n) is 3.15. The van der Waals surface area contributed by atoms with E-state index in [-0.39, 0.29) is 11.8 Å². The second kappa shape index (κ2) is 7.62. The molecule has 0 N–H and O–H groups in total. The lowest BCUT2D eigenvalue weighted by molar-refractivity contribution is 0.0974. The van der Waals surface area contributed by atoms with Crippen LogP contribution in [0.5, 0.6) is 0 Å². The molecule has 0 saturated heterocycles. The van der Waals surface area contributed by atoms with E-state index < -0.39 is 0 Å². The summed E-state index contributed by atoms with van der Waals surface area (Å²) in [4.78, 5) is 14.0. The van der Waals surface area contributed by atoms with Gasteiger partial charge in [0.15, 0.2) is 5.78 Å². The molecule has 0 heterocycles. The normalized spacial score (nSPS) is 12.1. The molecule has 1 unspecified atom stereocenters. The van der Waals surface area contributed by atoms with Gasteiger partial charge >= 0.3 is 0 Å². The van der Waals surface area contributed by atoms with Crippen LogP contribution in [0.3, 0.4) is 0 Å². The van der Waals surface area contributed by atoms with Crippen molar-refractivity contribution in [3.8, 4) is 6.07 Å². The Morgan fingerprint density at radius 3 is 2.67 bits per heavy atom. The van der Waals surface area contributed by atoms with Crippen LogP contribution < -0.4 is 0 Å². The van der Waals surface area contributed by atoms with Gasteiger partial charge < -0.3 is 4.90 Å². The standard InChI is InChI=1S/C15H20N2O/c1-13(10-11-16)17(2)12-6-9-15(18)14-7-4-3-5-8-14/h3-5,7-8,13H,6,9-10,12H2,1-2H3.